The van der Waals surface area contributed by atoms with Gasteiger partial charge in [0.05, 0.1) is 0 Å². The molecule has 0 fully saturated rings. The maximum atomic E-state index is 12.5. The van der Waals surface area contributed by atoms with Crippen molar-refractivity contribution < 1.29 is 4.79 Å². The Balaban J connectivity index is 2.51. The summed E-state index contributed by atoms with van der Waals surface area (Å²) in [6, 6.07) is 11.7. The van der Waals surface area contributed by atoms with E-state index in [0.717, 1.165) is 26.7 Å². The molecule has 0 atom stereocenters. The van der Waals surface area contributed by atoms with Gasteiger partial charge < -0.3 is 0 Å². The van der Waals surface area contributed by atoms with E-state index in [9.17, 15) is 4.79 Å². The van der Waals surface area contributed by atoms with Crippen LogP contribution in [0.25, 0.3) is 0 Å². The van der Waals surface area contributed by atoms with Crippen LogP contribution >= 0.6 is 15.9 Å². The SMILES string of the molecule is Cc1ccc(C(=O)c2cc(Br)ccc2C)c(C)c1. The number of hydrogen-bond acceptors (Lipinski definition) is 1. The van der Waals surface area contributed by atoms with Crippen LogP contribution in [0.3, 0.4) is 0 Å². The smallest absolute Gasteiger partial charge is 0.193 e. The van der Waals surface area contributed by atoms with Crippen molar-refractivity contribution in [3.05, 3.63) is 68.7 Å². The van der Waals surface area contributed by atoms with Crippen molar-refractivity contribution in [2.75, 3.05) is 0 Å². The number of rotatable bonds is 2. The molecule has 0 saturated heterocycles. The quantitative estimate of drug-likeness (QED) is 0.741. The molecule has 2 aromatic carbocycles. The zero-order chi connectivity index (χ0) is 13.3. The summed E-state index contributed by atoms with van der Waals surface area (Å²) in [6.07, 6.45) is 0. The van der Waals surface area contributed by atoms with E-state index < -0.39 is 0 Å². The number of aryl methyl sites for hydroxylation is 3. The van der Waals surface area contributed by atoms with Gasteiger partial charge in [-0.2, -0.15) is 0 Å². The fourth-order valence-corrected chi connectivity index (χ4v) is 2.41. The van der Waals surface area contributed by atoms with E-state index >= 15 is 0 Å². The first-order valence-electron chi connectivity index (χ1n) is 5.87. The Kier molecular flexibility index (Phi) is 3.67. The van der Waals surface area contributed by atoms with Gasteiger partial charge in [0.1, 0.15) is 0 Å². The second-order valence-corrected chi connectivity index (χ2v) is 5.52. The minimum absolute atomic E-state index is 0.0892. The van der Waals surface area contributed by atoms with Crippen LogP contribution in [0.4, 0.5) is 0 Å². The number of ketones is 1. The highest BCUT2D eigenvalue weighted by molar-refractivity contribution is 9.10. The molecule has 2 rings (SSSR count). The van der Waals surface area contributed by atoms with Gasteiger partial charge in [-0.1, -0.05) is 45.8 Å². The Hall–Kier alpha value is -1.41. The molecule has 0 radical (unpaired) electrons. The largest absolute Gasteiger partial charge is 0.289 e. The van der Waals surface area contributed by atoms with Crippen LogP contribution in [0.2, 0.25) is 0 Å². The predicted molar refractivity (Wildman–Crippen MR) is 78.2 cm³/mol. The summed E-state index contributed by atoms with van der Waals surface area (Å²) in [6.45, 7) is 5.97. The van der Waals surface area contributed by atoms with E-state index in [4.69, 9.17) is 0 Å². The number of carbonyl (C=O) groups is 1. The third-order valence-corrected chi connectivity index (χ3v) is 3.56. The van der Waals surface area contributed by atoms with Gasteiger partial charge >= 0.3 is 0 Å². The lowest BCUT2D eigenvalue weighted by Crippen LogP contribution is -2.06. The van der Waals surface area contributed by atoms with Crippen molar-refractivity contribution in [3.63, 3.8) is 0 Å². The van der Waals surface area contributed by atoms with Crippen molar-refractivity contribution in [3.8, 4) is 0 Å². The normalized spacial score (nSPS) is 10.4. The zero-order valence-corrected chi connectivity index (χ0v) is 12.3. The molecular weight excluding hydrogens is 288 g/mol. The van der Waals surface area contributed by atoms with Crippen LogP contribution < -0.4 is 0 Å². The molecule has 1 nitrogen and oxygen atoms in total. The number of hydrogen-bond donors (Lipinski definition) is 0. The monoisotopic (exact) mass is 302 g/mol. The molecular formula is C16H15BrO. The third kappa shape index (κ3) is 2.54. The molecule has 0 aliphatic rings. The fourth-order valence-electron chi connectivity index (χ4n) is 2.05. The lowest BCUT2D eigenvalue weighted by atomic mass is 9.95. The highest BCUT2D eigenvalue weighted by Crippen LogP contribution is 2.21. The topological polar surface area (TPSA) is 17.1 Å². The van der Waals surface area contributed by atoms with E-state index in [1.54, 1.807) is 0 Å². The van der Waals surface area contributed by atoms with Crippen molar-refractivity contribution in [2.45, 2.75) is 20.8 Å². The molecule has 0 N–H and O–H groups in total. The maximum Gasteiger partial charge on any atom is 0.193 e. The molecule has 2 aromatic rings. The molecule has 0 aliphatic heterocycles. The first kappa shape index (κ1) is 13.0. The van der Waals surface area contributed by atoms with Gasteiger partial charge in [-0.15, -0.1) is 0 Å². The molecule has 92 valence electrons. The molecule has 0 heterocycles. The van der Waals surface area contributed by atoms with Crippen LogP contribution in [-0.4, -0.2) is 5.78 Å². The summed E-state index contributed by atoms with van der Waals surface area (Å²) < 4.78 is 0.932. The number of halogens is 1. The van der Waals surface area contributed by atoms with Crippen LogP contribution in [0.15, 0.2) is 40.9 Å². The molecule has 0 saturated carbocycles. The van der Waals surface area contributed by atoms with Gasteiger partial charge in [0.15, 0.2) is 5.78 Å². The van der Waals surface area contributed by atoms with E-state index in [-0.39, 0.29) is 5.78 Å². The summed E-state index contributed by atoms with van der Waals surface area (Å²) in [5, 5.41) is 0. The van der Waals surface area contributed by atoms with Gasteiger partial charge in [0.2, 0.25) is 0 Å². The zero-order valence-electron chi connectivity index (χ0n) is 10.8. The van der Waals surface area contributed by atoms with E-state index in [0.29, 0.717) is 0 Å². The minimum atomic E-state index is 0.0892. The molecule has 0 amide bonds. The third-order valence-electron chi connectivity index (χ3n) is 3.07. The molecule has 18 heavy (non-hydrogen) atoms. The van der Waals surface area contributed by atoms with Crippen LogP contribution in [0.1, 0.15) is 32.6 Å². The van der Waals surface area contributed by atoms with Gasteiger partial charge in [0.25, 0.3) is 0 Å². The van der Waals surface area contributed by atoms with Gasteiger partial charge in [-0.25, -0.2) is 0 Å². The van der Waals surface area contributed by atoms with Crippen LogP contribution in [0.5, 0.6) is 0 Å². The molecule has 0 aliphatic carbocycles. The minimum Gasteiger partial charge on any atom is -0.289 e. The summed E-state index contributed by atoms with van der Waals surface area (Å²) in [5.74, 6) is 0.0892. The first-order valence-corrected chi connectivity index (χ1v) is 6.66. The van der Waals surface area contributed by atoms with Crippen LogP contribution in [-0.2, 0) is 0 Å². The van der Waals surface area contributed by atoms with E-state index in [2.05, 4.69) is 15.9 Å². The van der Waals surface area contributed by atoms with Gasteiger partial charge in [-0.3, -0.25) is 4.79 Å². The summed E-state index contributed by atoms with van der Waals surface area (Å²) in [7, 11) is 0. The standard InChI is InChI=1S/C16H15BrO/c1-10-4-7-14(12(3)8-10)16(18)15-9-13(17)6-5-11(15)2/h4-9H,1-3H3. The first-order chi connectivity index (χ1) is 8.49. The van der Waals surface area contributed by atoms with Crippen molar-refractivity contribution in [1.29, 1.82) is 0 Å². The average Bonchev–Trinajstić information content (AvgIpc) is 2.31. The van der Waals surface area contributed by atoms with E-state index in [1.165, 1.54) is 5.56 Å². The van der Waals surface area contributed by atoms with Gasteiger partial charge in [-0.05, 0) is 44.0 Å². The fraction of sp³-hybridized carbons (Fsp3) is 0.188. The van der Waals surface area contributed by atoms with Crippen molar-refractivity contribution in [1.82, 2.24) is 0 Å². The Bertz CT molecular complexity index is 614. The van der Waals surface area contributed by atoms with Crippen LogP contribution in [0, 0.1) is 20.8 Å². The molecule has 2 heteroatoms. The predicted octanol–water partition coefficient (Wildman–Crippen LogP) is 4.61. The molecule has 0 unspecified atom stereocenters. The lowest BCUT2D eigenvalue weighted by molar-refractivity contribution is 0.103. The summed E-state index contributed by atoms with van der Waals surface area (Å²) in [4.78, 5) is 12.5. The Morgan fingerprint density at radius 3 is 2.28 bits per heavy atom. The summed E-state index contributed by atoms with van der Waals surface area (Å²) in [5.41, 5.74) is 4.75. The maximum absolute atomic E-state index is 12.5. The highest BCUT2D eigenvalue weighted by Gasteiger charge is 2.14. The number of benzene rings is 2. The number of carbonyl (C=O) groups excluding carboxylic acids is 1. The van der Waals surface area contributed by atoms with E-state index in [1.807, 2.05) is 57.2 Å². The average molecular weight is 303 g/mol. The highest BCUT2D eigenvalue weighted by atomic mass is 79.9. The van der Waals surface area contributed by atoms with Crippen molar-refractivity contribution in [2.24, 2.45) is 0 Å². The van der Waals surface area contributed by atoms with Crippen molar-refractivity contribution >= 4 is 21.7 Å². The Morgan fingerprint density at radius 1 is 0.889 bits per heavy atom. The second kappa shape index (κ2) is 5.07. The van der Waals surface area contributed by atoms with Gasteiger partial charge in [0, 0.05) is 15.6 Å². The Morgan fingerprint density at radius 2 is 1.61 bits per heavy atom. The Labute approximate surface area is 116 Å². The lowest BCUT2D eigenvalue weighted by Gasteiger charge is -2.09. The molecule has 0 aromatic heterocycles. The summed E-state index contributed by atoms with van der Waals surface area (Å²) >= 11 is 3.42. The molecule has 0 bridgehead atoms. The second-order valence-electron chi connectivity index (χ2n) is 4.61. The molecule has 0 spiro atoms.